The van der Waals surface area contributed by atoms with E-state index >= 15 is 0 Å². The Morgan fingerprint density at radius 3 is 2.62 bits per heavy atom. The van der Waals surface area contributed by atoms with Crippen LogP contribution in [0.2, 0.25) is 0 Å². The summed E-state index contributed by atoms with van der Waals surface area (Å²) in [5.41, 5.74) is 5.28. The van der Waals surface area contributed by atoms with Crippen LogP contribution in [0, 0.1) is 11.3 Å². The van der Waals surface area contributed by atoms with Crippen LogP contribution in [0.5, 0.6) is 5.75 Å². The van der Waals surface area contributed by atoms with Gasteiger partial charge in [-0.2, -0.15) is 5.26 Å². The van der Waals surface area contributed by atoms with Crippen molar-refractivity contribution in [3.05, 3.63) is 70.3 Å². The van der Waals surface area contributed by atoms with Crippen molar-refractivity contribution in [2.45, 2.75) is 38.1 Å². The summed E-state index contributed by atoms with van der Waals surface area (Å²) >= 11 is 0. The number of nitrogens with one attached hydrogen (secondary N) is 1. The number of hydrogen-bond donors (Lipinski definition) is 1. The number of amides is 2. The second-order valence-electron chi connectivity index (χ2n) is 8.44. The molecule has 32 heavy (non-hydrogen) atoms. The van der Waals surface area contributed by atoms with Crippen molar-refractivity contribution >= 4 is 29.3 Å². The summed E-state index contributed by atoms with van der Waals surface area (Å²) in [6, 6.07) is 16.7. The predicted molar refractivity (Wildman–Crippen MR) is 121 cm³/mol. The molecule has 2 aliphatic heterocycles. The van der Waals surface area contributed by atoms with Crippen molar-refractivity contribution in [3.8, 4) is 11.8 Å². The molecule has 2 aromatic carbocycles. The summed E-state index contributed by atoms with van der Waals surface area (Å²) in [5, 5.41) is 11.5. The Kier molecular flexibility index (Phi) is 4.82. The van der Waals surface area contributed by atoms with Crippen LogP contribution in [-0.4, -0.2) is 25.0 Å². The first-order chi connectivity index (χ1) is 15.5. The minimum atomic E-state index is -0.634. The smallest absolute Gasteiger partial charge is 0.269 e. The highest BCUT2D eigenvalue weighted by atomic mass is 16.5. The van der Waals surface area contributed by atoms with E-state index in [1.807, 2.05) is 24.3 Å². The van der Waals surface area contributed by atoms with Crippen molar-refractivity contribution in [1.82, 2.24) is 5.32 Å². The van der Waals surface area contributed by atoms with Crippen molar-refractivity contribution in [2.24, 2.45) is 0 Å². The third-order valence-electron chi connectivity index (χ3n) is 6.77. The number of rotatable bonds is 3. The van der Waals surface area contributed by atoms with Crippen LogP contribution < -0.4 is 15.0 Å². The van der Waals surface area contributed by atoms with Crippen molar-refractivity contribution < 1.29 is 14.3 Å². The maximum atomic E-state index is 12.4. The van der Waals surface area contributed by atoms with Crippen LogP contribution in [0.1, 0.15) is 43.2 Å². The molecule has 2 unspecified atom stereocenters. The van der Waals surface area contributed by atoms with Gasteiger partial charge < -0.3 is 9.64 Å². The second-order valence-corrected chi connectivity index (χ2v) is 8.44. The minimum Gasteiger partial charge on any atom is -0.497 e. The first-order valence-corrected chi connectivity index (χ1v) is 10.8. The topological polar surface area (TPSA) is 82.4 Å². The summed E-state index contributed by atoms with van der Waals surface area (Å²) in [4.78, 5) is 26.7. The van der Waals surface area contributed by atoms with E-state index in [4.69, 9.17) is 4.74 Å². The number of hydrogen-bond acceptors (Lipinski definition) is 5. The summed E-state index contributed by atoms with van der Waals surface area (Å²) in [5.74, 6) is 0.177. The number of nitrogens with zero attached hydrogens (tertiary/aromatic N) is 2. The number of ether oxygens (including phenoxy) is 1. The summed E-state index contributed by atoms with van der Waals surface area (Å²) in [7, 11) is 1.67. The maximum Gasteiger partial charge on any atom is 0.269 e. The van der Waals surface area contributed by atoms with E-state index in [1.54, 1.807) is 20.1 Å². The van der Waals surface area contributed by atoms with Gasteiger partial charge in [-0.05, 0) is 78.9 Å². The van der Waals surface area contributed by atoms with Crippen molar-refractivity contribution in [2.75, 3.05) is 12.0 Å². The molecule has 1 saturated carbocycles. The zero-order valence-electron chi connectivity index (χ0n) is 18.0. The Morgan fingerprint density at radius 2 is 1.91 bits per heavy atom. The number of fused-ring (bicyclic) bond motifs is 3. The van der Waals surface area contributed by atoms with E-state index in [0.717, 1.165) is 29.8 Å². The normalized spacial score (nSPS) is 23.2. The molecular formula is C26H23N3O3. The first-order valence-electron chi connectivity index (χ1n) is 10.8. The number of carbonyl (C=O) groups excluding carboxylic acids is 2. The molecule has 6 heteroatoms. The largest absolute Gasteiger partial charge is 0.497 e. The molecule has 160 valence electrons. The number of anilines is 2. The van der Waals surface area contributed by atoms with Crippen LogP contribution in [0.3, 0.4) is 0 Å². The Morgan fingerprint density at radius 1 is 1.12 bits per heavy atom. The van der Waals surface area contributed by atoms with E-state index in [-0.39, 0.29) is 5.57 Å². The summed E-state index contributed by atoms with van der Waals surface area (Å²) in [6.07, 6.45) is 5.23. The van der Waals surface area contributed by atoms with Crippen LogP contribution >= 0.6 is 0 Å². The van der Waals surface area contributed by atoms with E-state index in [9.17, 15) is 14.9 Å². The highest BCUT2D eigenvalue weighted by Crippen LogP contribution is 2.52. The number of carbonyl (C=O) groups is 2. The fraction of sp³-hybridized carbons (Fsp3) is 0.269. The van der Waals surface area contributed by atoms with E-state index in [1.165, 1.54) is 17.7 Å². The lowest BCUT2D eigenvalue weighted by atomic mass is 9.92. The molecule has 0 radical (unpaired) electrons. The molecule has 0 saturated heterocycles. The molecular weight excluding hydrogens is 402 g/mol. The summed E-state index contributed by atoms with van der Waals surface area (Å²) < 4.78 is 5.31. The Balaban J connectivity index is 1.56. The molecule has 3 aliphatic rings. The molecule has 0 spiro atoms. The third kappa shape index (κ3) is 3.09. The molecule has 2 amide bonds. The van der Waals surface area contributed by atoms with Crippen molar-refractivity contribution in [3.63, 3.8) is 0 Å². The molecule has 2 atom stereocenters. The quantitative estimate of drug-likeness (QED) is 0.584. The fourth-order valence-electron chi connectivity index (χ4n) is 5.23. The van der Waals surface area contributed by atoms with Gasteiger partial charge in [-0.15, -0.1) is 0 Å². The van der Waals surface area contributed by atoms with Gasteiger partial charge in [0, 0.05) is 28.9 Å². The zero-order chi connectivity index (χ0) is 22.4. The molecule has 6 nitrogen and oxygen atoms in total. The zero-order valence-corrected chi connectivity index (χ0v) is 18.0. The Labute approximate surface area is 186 Å². The van der Waals surface area contributed by atoms with Crippen LogP contribution in [-0.2, 0) is 9.59 Å². The van der Waals surface area contributed by atoms with E-state index in [2.05, 4.69) is 34.5 Å². The molecule has 5 rings (SSSR count). The van der Waals surface area contributed by atoms with Crippen LogP contribution in [0.25, 0.3) is 6.08 Å². The van der Waals surface area contributed by atoms with Crippen LogP contribution in [0.4, 0.5) is 11.4 Å². The maximum absolute atomic E-state index is 12.4. The van der Waals surface area contributed by atoms with Gasteiger partial charge >= 0.3 is 0 Å². The van der Waals surface area contributed by atoms with Gasteiger partial charge in [-0.25, -0.2) is 0 Å². The first kappa shape index (κ1) is 20.1. The van der Waals surface area contributed by atoms with E-state index in [0.29, 0.717) is 23.1 Å². The van der Waals surface area contributed by atoms with E-state index < -0.39 is 11.8 Å². The SMILES string of the molecule is COc1ccc(N2c3ccc(/C=C4\C(=O)NC(=O)C(C#N)=C4C)cc3C3CCCC32)cc1. The predicted octanol–water partition coefficient (Wildman–Crippen LogP) is 4.36. The van der Waals surface area contributed by atoms with Gasteiger partial charge in [-0.3, -0.25) is 14.9 Å². The standard InChI is InChI=1S/C26H23N3O3/c1-15-20(25(30)28-26(31)22(15)14-27)12-16-6-11-24-21(13-16)19-4-3-5-23(19)29(24)17-7-9-18(32-2)10-8-17/h6-13,19,23H,3-5H2,1-2H3,(H,28,30,31)/b20-12-. The number of benzene rings is 2. The third-order valence-corrected chi connectivity index (χ3v) is 6.77. The fourth-order valence-corrected chi connectivity index (χ4v) is 5.23. The average molecular weight is 425 g/mol. The second kappa shape index (κ2) is 7.69. The highest BCUT2D eigenvalue weighted by Gasteiger charge is 2.42. The number of imide groups is 1. The molecule has 1 aliphatic carbocycles. The average Bonchev–Trinajstić information content (AvgIpc) is 3.38. The highest BCUT2D eigenvalue weighted by molar-refractivity contribution is 6.19. The monoisotopic (exact) mass is 425 g/mol. The lowest BCUT2D eigenvalue weighted by Crippen LogP contribution is -2.37. The van der Waals surface area contributed by atoms with Gasteiger partial charge in [0.15, 0.2) is 0 Å². The molecule has 0 aromatic heterocycles. The van der Waals surface area contributed by atoms with Gasteiger partial charge in [-0.1, -0.05) is 12.5 Å². The number of nitriles is 1. The summed E-state index contributed by atoms with van der Waals surface area (Å²) in [6.45, 7) is 1.65. The van der Waals surface area contributed by atoms with Gasteiger partial charge in [0.25, 0.3) is 11.8 Å². The van der Waals surface area contributed by atoms with Gasteiger partial charge in [0.1, 0.15) is 17.4 Å². The van der Waals surface area contributed by atoms with Gasteiger partial charge in [0.2, 0.25) is 0 Å². The van der Waals surface area contributed by atoms with Gasteiger partial charge in [0.05, 0.1) is 7.11 Å². The molecule has 1 N–H and O–H groups in total. The Bertz CT molecular complexity index is 1230. The minimum absolute atomic E-state index is 0.0152. The molecule has 2 aromatic rings. The lowest BCUT2D eigenvalue weighted by Gasteiger charge is -2.27. The van der Waals surface area contributed by atoms with Crippen molar-refractivity contribution in [1.29, 1.82) is 5.26 Å². The lowest BCUT2D eigenvalue weighted by molar-refractivity contribution is -0.126. The van der Waals surface area contributed by atoms with Crippen LogP contribution in [0.15, 0.2) is 59.2 Å². The number of methoxy groups -OCH3 is 1. The molecule has 0 bridgehead atoms. The Hall–Kier alpha value is -3.85. The molecule has 1 fully saturated rings. The molecule has 2 heterocycles.